The Bertz CT molecular complexity index is 841. The number of ketones is 2. The minimum Gasteiger partial charge on any atom is -0.488 e. The summed E-state index contributed by atoms with van der Waals surface area (Å²) in [6.45, 7) is 1.81. The summed E-state index contributed by atoms with van der Waals surface area (Å²) in [6, 6.07) is 11.9. The van der Waals surface area contributed by atoms with Gasteiger partial charge in [-0.1, -0.05) is 42.8 Å². The highest BCUT2D eigenvalue weighted by molar-refractivity contribution is 6.30. The van der Waals surface area contributed by atoms with Gasteiger partial charge in [-0.2, -0.15) is 0 Å². The predicted octanol–water partition coefficient (Wildman–Crippen LogP) is 3.62. The second-order valence-corrected chi connectivity index (χ2v) is 5.98. The first-order chi connectivity index (χ1) is 12.0. The summed E-state index contributed by atoms with van der Waals surface area (Å²) < 4.78 is 10.7. The van der Waals surface area contributed by atoms with E-state index in [4.69, 9.17) is 21.1 Å². The van der Waals surface area contributed by atoms with Crippen LogP contribution in [0.3, 0.4) is 0 Å². The van der Waals surface area contributed by atoms with Gasteiger partial charge < -0.3 is 9.47 Å². The van der Waals surface area contributed by atoms with Crippen LogP contribution >= 0.6 is 11.6 Å². The van der Waals surface area contributed by atoms with Gasteiger partial charge in [0.05, 0.1) is 5.56 Å². The molecular formula is C19H15ClO5. The molecule has 1 aliphatic rings. The molecule has 0 aliphatic heterocycles. The minimum absolute atomic E-state index is 0.0906. The summed E-state index contributed by atoms with van der Waals surface area (Å²) in [5.41, 5.74) is 1.25. The first-order valence-electron chi connectivity index (χ1n) is 7.79. The average Bonchev–Trinajstić information content (AvgIpc) is 2.86. The first kappa shape index (κ1) is 17.2. The maximum atomic E-state index is 12.5. The fraction of sp³-hybridized carbons (Fsp3) is 0.211. The zero-order chi connectivity index (χ0) is 18.0. The van der Waals surface area contributed by atoms with Crippen LogP contribution < -0.4 is 4.74 Å². The van der Waals surface area contributed by atoms with Crippen molar-refractivity contribution in [2.24, 2.45) is 0 Å². The molecule has 25 heavy (non-hydrogen) atoms. The van der Waals surface area contributed by atoms with Crippen LogP contribution in [0.4, 0.5) is 0 Å². The van der Waals surface area contributed by atoms with E-state index in [9.17, 15) is 14.4 Å². The van der Waals surface area contributed by atoms with Crippen LogP contribution in [0.2, 0.25) is 5.02 Å². The van der Waals surface area contributed by atoms with Gasteiger partial charge in [-0.15, -0.1) is 0 Å². The Morgan fingerprint density at radius 2 is 1.80 bits per heavy atom. The highest BCUT2D eigenvalue weighted by Crippen LogP contribution is 2.32. The van der Waals surface area contributed by atoms with Crippen molar-refractivity contribution in [1.82, 2.24) is 0 Å². The lowest BCUT2D eigenvalue weighted by Crippen LogP contribution is -2.28. The topological polar surface area (TPSA) is 69.7 Å². The van der Waals surface area contributed by atoms with Crippen molar-refractivity contribution in [3.05, 3.63) is 64.2 Å². The number of rotatable bonds is 5. The van der Waals surface area contributed by atoms with Crippen LogP contribution in [0.25, 0.3) is 0 Å². The Morgan fingerprint density at radius 1 is 1.08 bits per heavy atom. The van der Waals surface area contributed by atoms with Gasteiger partial charge in [-0.05, 0) is 23.8 Å². The number of benzene rings is 2. The second kappa shape index (κ2) is 7.07. The van der Waals surface area contributed by atoms with Gasteiger partial charge in [0.15, 0.2) is 0 Å². The SMILES string of the molecule is CCC(=O)OC1C(=O)c2cccc(OCc3ccc(Cl)cc3)c2C1=O. The van der Waals surface area contributed by atoms with Crippen molar-refractivity contribution in [2.45, 2.75) is 26.1 Å². The van der Waals surface area contributed by atoms with Crippen molar-refractivity contribution < 1.29 is 23.9 Å². The molecule has 1 unspecified atom stereocenters. The lowest BCUT2D eigenvalue weighted by Gasteiger charge is -2.10. The number of ether oxygens (including phenoxy) is 2. The van der Waals surface area contributed by atoms with Crippen molar-refractivity contribution in [3.8, 4) is 5.75 Å². The van der Waals surface area contributed by atoms with E-state index in [2.05, 4.69) is 0 Å². The number of fused-ring (bicyclic) bond motifs is 1. The first-order valence-corrected chi connectivity index (χ1v) is 8.17. The fourth-order valence-corrected chi connectivity index (χ4v) is 2.69. The fourth-order valence-electron chi connectivity index (χ4n) is 2.57. The lowest BCUT2D eigenvalue weighted by molar-refractivity contribution is -0.144. The standard InChI is InChI=1S/C19H15ClO5/c1-2-15(21)25-19-17(22)13-4-3-5-14(16(13)18(19)23)24-10-11-6-8-12(20)9-7-11/h3-9,19H,2,10H2,1H3. The van der Waals surface area contributed by atoms with Crippen molar-refractivity contribution in [2.75, 3.05) is 0 Å². The third-order valence-electron chi connectivity index (χ3n) is 3.86. The molecule has 1 aliphatic carbocycles. The van der Waals surface area contributed by atoms with Crippen molar-refractivity contribution in [3.63, 3.8) is 0 Å². The molecule has 0 aromatic heterocycles. The molecule has 0 spiro atoms. The van der Waals surface area contributed by atoms with E-state index in [1.807, 2.05) is 12.1 Å². The molecule has 0 saturated carbocycles. The highest BCUT2D eigenvalue weighted by Gasteiger charge is 2.43. The molecule has 0 N–H and O–H groups in total. The molecule has 5 nitrogen and oxygen atoms in total. The average molecular weight is 359 g/mol. The molecule has 0 fully saturated rings. The van der Waals surface area contributed by atoms with Gasteiger partial charge in [0.2, 0.25) is 17.7 Å². The van der Waals surface area contributed by atoms with Crippen molar-refractivity contribution in [1.29, 1.82) is 0 Å². The van der Waals surface area contributed by atoms with Crippen LogP contribution in [0.15, 0.2) is 42.5 Å². The largest absolute Gasteiger partial charge is 0.488 e. The van der Waals surface area contributed by atoms with Crippen molar-refractivity contribution >= 4 is 29.1 Å². The third kappa shape index (κ3) is 3.42. The van der Waals surface area contributed by atoms with E-state index in [0.29, 0.717) is 10.8 Å². The summed E-state index contributed by atoms with van der Waals surface area (Å²) in [5, 5.41) is 0.616. The number of hydrogen-bond acceptors (Lipinski definition) is 5. The maximum Gasteiger partial charge on any atom is 0.306 e. The minimum atomic E-state index is -1.41. The van der Waals surface area contributed by atoms with Gasteiger partial charge in [-0.25, -0.2) is 0 Å². The van der Waals surface area contributed by atoms with Crippen LogP contribution in [0.1, 0.15) is 39.6 Å². The number of esters is 1. The summed E-state index contributed by atoms with van der Waals surface area (Å²) in [7, 11) is 0. The van der Waals surface area contributed by atoms with E-state index >= 15 is 0 Å². The number of halogens is 1. The number of carbonyl (C=O) groups excluding carboxylic acids is 3. The Morgan fingerprint density at radius 3 is 2.48 bits per heavy atom. The van der Waals surface area contributed by atoms with Crippen LogP contribution in [0, 0.1) is 0 Å². The molecule has 3 rings (SSSR count). The zero-order valence-corrected chi connectivity index (χ0v) is 14.2. The summed E-state index contributed by atoms with van der Waals surface area (Å²) in [6.07, 6.45) is -1.32. The quantitative estimate of drug-likeness (QED) is 0.603. The van der Waals surface area contributed by atoms with Gasteiger partial charge in [0.25, 0.3) is 0 Å². The molecular weight excluding hydrogens is 344 g/mol. The van der Waals surface area contributed by atoms with Gasteiger partial charge in [0.1, 0.15) is 12.4 Å². The molecule has 0 saturated heterocycles. The summed E-state index contributed by atoms with van der Waals surface area (Å²) in [5.74, 6) is -1.36. The smallest absolute Gasteiger partial charge is 0.306 e. The molecule has 0 amide bonds. The zero-order valence-electron chi connectivity index (χ0n) is 13.5. The van der Waals surface area contributed by atoms with Gasteiger partial charge in [-0.3, -0.25) is 14.4 Å². The maximum absolute atomic E-state index is 12.5. The van der Waals surface area contributed by atoms with Gasteiger partial charge in [0, 0.05) is 17.0 Å². The second-order valence-electron chi connectivity index (χ2n) is 5.55. The number of carbonyl (C=O) groups is 3. The van der Waals surface area contributed by atoms with Crippen LogP contribution in [-0.2, 0) is 16.1 Å². The molecule has 2 aromatic rings. The summed E-state index contributed by atoms with van der Waals surface area (Å²) >= 11 is 5.85. The van der Waals surface area contributed by atoms with Crippen LogP contribution in [0.5, 0.6) is 5.75 Å². The molecule has 1 atom stereocenters. The normalized spacial score (nSPS) is 15.8. The molecule has 0 bridgehead atoms. The molecule has 6 heteroatoms. The Hall–Kier alpha value is -2.66. The highest BCUT2D eigenvalue weighted by atomic mass is 35.5. The lowest BCUT2D eigenvalue weighted by atomic mass is 10.1. The van der Waals surface area contributed by atoms with Gasteiger partial charge >= 0.3 is 5.97 Å². The Kier molecular flexibility index (Phi) is 4.86. The predicted molar refractivity (Wildman–Crippen MR) is 91.1 cm³/mol. The van der Waals surface area contributed by atoms with E-state index < -0.39 is 23.6 Å². The molecule has 2 aromatic carbocycles. The Labute approximate surface area is 149 Å². The van der Waals surface area contributed by atoms with E-state index in [1.165, 1.54) is 6.07 Å². The molecule has 128 valence electrons. The summed E-state index contributed by atoms with van der Waals surface area (Å²) in [4.78, 5) is 36.4. The van der Waals surface area contributed by atoms with E-state index in [0.717, 1.165) is 5.56 Å². The van der Waals surface area contributed by atoms with Crippen LogP contribution in [-0.4, -0.2) is 23.6 Å². The molecule has 0 radical (unpaired) electrons. The number of Topliss-reactive ketones (excluding diaryl/α,β-unsaturated/α-hetero) is 2. The third-order valence-corrected chi connectivity index (χ3v) is 4.11. The van der Waals surface area contributed by atoms with E-state index in [1.54, 1.807) is 31.2 Å². The Balaban J connectivity index is 1.83. The monoisotopic (exact) mass is 358 g/mol. The molecule has 0 heterocycles. The number of hydrogen-bond donors (Lipinski definition) is 0. The van der Waals surface area contributed by atoms with E-state index in [-0.39, 0.29) is 24.2 Å².